The Bertz CT molecular complexity index is 1180. The second-order valence-electron chi connectivity index (χ2n) is 6.69. The van der Waals surface area contributed by atoms with E-state index < -0.39 is 5.82 Å². The minimum atomic E-state index is -0.636. The van der Waals surface area contributed by atoms with Gasteiger partial charge in [0, 0.05) is 23.1 Å². The van der Waals surface area contributed by atoms with Gasteiger partial charge >= 0.3 is 0 Å². The van der Waals surface area contributed by atoms with E-state index in [0.717, 1.165) is 45.6 Å². The lowest BCUT2D eigenvalue weighted by molar-refractivity contribution is 0.432. The van der Waals surface area contributed by atoms with Crippen molar-refractivity contribution in [2.75, 3.05) is 0 Å². The Balaban J connectivity index is 1.50. The number of rotatable bonds is 2. The molecule has 132 valence electrons. The first-order chi connectivity index (χ1) is 13.1. The predicted molar refractivity (Wildman–Crippen MR) is 101 cm³/mol. The number of hydrogen-bond donors (Lipinski definition) is 3. The summed E-state index contributed by atoms with van der Waals surface area (Å²) in [4.78, 5) is 0. The van der Waals surface area contributed by atoms with Gasteiger partial charge in [0.05, 0.1) is 11.4 Å². The molecule has 4 nitrogen and oxygen atoms in total. The van der Waals surface area contributed by atoms with Crippen LogP contribution in [0.25, 0.3) is 33.6 Å². The number of phenolic OH excluding ortho intramolecular Hbond substituents is 2. The molecular weight excluding hydrogens is 343 g/mol. The van der Waals surface area contributed by atoms with Crippen LogP contribution >= 0.6 is 0 Å². The minimum absolute atomic E-state index is 0.263. The van der Waals surface area contributed by atoms with E-state index >= 15 is 0 Å². The van der Waals surface area contributed by atoms with Gasteiger partial charge in [0.1, 0.15) is 5.75 Å². The van der Waals surface area contributed by atoms with E-state index in [1.165, 1.54) is 12.1 Å². The molecule has 0 radical (unpaired) electrons. The normalized spacial score (nSPS) is 12.0. The van der Waals surface area contributed by atoms with Crippen molar-refractivity contribution >= 4 is 0 Å². The number of aromatic hydroxyl groups is 2. The molecule has 0 saturated carbocycles. The molecule has 3 N–H and O–H groups in total. The maximum atomic E-state index is 13.6. The Morgan fingerprint density at radius 1 is 0.852 bits per heavy atom. The zero-order valence-corrected chi connectivity index (χ0v) is 14.2. The SMILES string of the molecule is Oc1ccc2c(c1)Cc1c(-c3ccc(-c4ccc(O)c(F)c4)cc3)n[nH]c1-2. The van der Waals surface area contributed by atoms with Crippen molar-refractivity contribution in [2.24, 2.45) is 0 Å². The summed E-state index contributed by atoms with van der Waals surface area (Å²) in [6.07, 6.45) is 0.718. The van der Waals surface area contributed by atoms with Crippen molar-refractivity contribution in [3.63, 3.8) is 0 Å². The Morgan fingerprint density at radius 2 is 1.59 bits per heavy atom. The van der Waals surface area contributed by atoms with E-state index in [1.807, 2.05) is 30.3 Å². The third kappa shape index (κ3) is 2.47. The first-order valence-corrected chi connectivity index (χ1v) is 8.59. The van der Waals surface area contributed by atoms with Gasteiger partial charge < -0.3 is 10.2 Å². The Kier molecular flexibility index (Phi) is 3.31. The third-order valence-corrected chi connectivity index (χ3v) is 5.03. The molecular formula is C22H15FN2O2. The average molecular weight is 358 g/mol. The number of nitrogens with zero attached hydrogens (tertiary/aromatic N) is 1. The highest BCUT2D eigenvalue weighted by molar-refractivity contribution is 5.82. The molecule has 27 heavy (non-hydrogen) atoms. The molecule has 0 unspecified atom stereocenters. The Hall–Kier alpha value is -3.60. The summed E-state index contributed by atoms with van der Waals surface area (Å²) >= 11 is 0. The number of fused-ring (bicyclic) bond motifs is 3. The van der Waals surface area contributed by atoms with Gasteiger partial charge in [-0.05, 0) is 47.0 Å². The zero-order valence-electron chi connectivity index (χ0n) is 14.2. The first kappa shape index (κ1) is 15.6. The van der Waals surface area contributed by atoms with Crippen LogP contribution in [0.2, 0.25) is 0 Å². The number of nitrogens with one attached hydrogen (secondary N) is 1. The molecule has 0 bridgehead atoms. The number of phenols is 2. The molecule has 0 amide bonds. The summed E-state index contributed by atoms with van der Waals surface area (Å²) in [7, 11) is 0. The fourth-order valence-electron chi connectivity index (χ4n) is 3.67. The van der Waals surface area contributed by atoms with Gasteiger partial charge in [0.15, 0.2) is 11.6 Å². The summed E-state index contributed by atoms with van der Waals surface area (Å²) in [5.74, 6) is -0.727. The number of H-pyrrole nitrogens is 1. The minimum Gasteiger partial charge on any atom is -0.508 e. The van der Waals surface area contributed by atoms with E-state index in [4.69, 9.17) is 0 Å². The molecule has 1 aliphatic carbocycles. The average Bonchev–Trinajstić information content (AvgIpc) is 3.22. The van der Waals surface area contributed by atoms with Crippen LogP contribution in [0.4, 0.5) is 4.39 Å². The van der Waals surface area contributed by atoms with E-state index in [2.05, 4.69) is 10.2 Å². The van der Waals surface area contributed by atoms with Crippen LogP contribution in [0, 0.1) is 5.82 Å². The molecule has 1 aromatic heterocycles. The van der Waals surface area contributed by atoms with Crippen molar-refractivity contribution < 1.29 is 14.6 Å². The van der Waals surface area contributed by atoms with E-state index in [0.29, 0.717) is 5.56 Å². The van der Waals surface area contributed by atoms with Crippen molar-refractivity contribution in [1.82, 2.24) is 10.2 Å². The predicted octanol–water partition coefficient (Wildman–Crippen LogP) is 4.87. The van der Waals surface area contributed by atoms with Crippen LogP contribution < -0.4 is 0 Å². The van der Waals surface area contributed by atoms with Crippen LogP contribution in [0.5, 0.6) is 11.5 Å². The molecule has 0 saturated heterocycles. The van der Waals surface area contributed by atoms with Crippen LogP contribution in [-0.4, -0.2) is 20.4 Å². The van der Waals surface area contributed by atoms with E-state index in [1.54, 1.807) is 18.2 Å². The standard InChI is InChI=1S/C22H15FN2O2/c23-19-11-14(5-8-20(19)27)12-1-3-13(4-2-12)21-18-10-15-9-16(26)6-7-17(15)22(18)25-24-21/h1-9,11,26-27H,10H2,(H,24,25). The quantitative estimate of drug-likeness (QED) is 0.422. The Morgan fingerprint density at radius 3 is 2.37 bits per heavy atom. The van der Waals surface area contributed by atoms with Crippen LogP contribution in [-0.2, 0) is 6.42 Å². The van der Waals surface area contributed by atoms with Crippen molar-refractivity contribution in [2.45, 2.75) is 6.42 Å². The molecule has 1 aliphatic rings. The summed E-state index contributed by atoms with van der Waals surface area (Å²) in [6, 6.07) is 17.5. The van der Waals surface area contributed by atoms with Crippen LogP contribution in [0.1, 0.15) is 11.1 Å². The Labute approximate surface area is 154 Å². The molecule has 3 aromatic carbocycles. The fourth-order valence-corrected chi connectivity index (χ4v) is 3.67. The fraction of sp³-hybridized carbons (Fsp3) is 0.0455. The van der Waals surface area contributed by atoms with Crippen molar-refractivity contribution in [3.05, 3.63) is 77.6 Å². The number of halogens is 1. The van der Waals surface area contributed by atoms with Gasteiger partial charge in [-0.25, -0.2) is 4.39 Å². The maximum absolute atomic E-state index is 13.6. The van der Waals surface area contributed by atoms with E-state index in [9.17, 15) is 14.6 Å². The third-order valence-electron chi connectivity index (χ3n) is 5.03. The second-order valence-corrected chi connectivity index (χ2v) is 6.69. The molecule has 0 fully saturated rings. The summed E-state index contributed by atoms with van der Waals surface area (Å²) in [5, 5.41) is 26.6. The highest BCUT2D eigenvalue weighted by Crippen LogP contribution is 2.41. The lowest BCUT2D eigenvalue weighted by Crippen LogP contribution is -1.87. The molecule has 4 aromatic rings. The second kappa shape index (κ2) is 5.71. The number of aromatic amines is 1. The first-order valence-electron chi connectivity index (χ1n) is 8.59. The topological polar surface area (TPSA) is 69.1 Å². The van der Waals surface area contributed by atoms with Crippen molar-refractivity contribution in [3.8, 4) is 45.1 Å². The maximum Gasteiger partial charge on any atom is 0.165 e. The van der Waals surface area contributed by atoms with E-state index in [-0.39, 0.29) is 11.5 Å². The highest BCUT2D eigenvalue weighted by atomic mass is 19.1. The zero-order chi connectivity index (χ0) is 18.5. The van der Waals surface area contributed by atoms with Gasteiger partial charge in [-0.3, -0.25) is 5.10 Å². The van der Waals surface area contributed by atoms with Crippen LogP contribution in [0.3, 0.4) is 0 Å². The van der Waals surface area contributed by atoms with Gasteiger partial charge in [-0.15, -0.1) is 0 Å². The van der Waals surface area contributed by atoms with Crippen LogP contribution in [0.15, 0.2) is 60.7 Å². The summed E-state index contributed by atoms with van der Waals surface area (Å²) in [5.41, 5.74) is 7.65. The van der Waals surface area contributed by atoms with Gasteiger partial charge in [-0.2, -0.15) is 5.10 Å². The molecule has 0 aliphatic heterocycles. The smallest absolute Gasteiger partial charge is 0.165 e. The number of hydrogen-bond acceptors (Lipinski definition) is 3. The number of benzene rings is 3. The van der Waals surface area contributed by atoms with Gasteiger partial charge in [0.2, 0.25) is 0 Å². The lowest BCUT2D eigenvalue weighted by atomic mass is 10.0. The largest absolute Gasteiger partial charge is 0.508 e. The monoisotopic (exact) mass is 358 g/mol. The molecule has 0 atom stereocenters. The van der Waals surface area contributed by atoms with Gasteiger partial charge in [-0.1, -0.05) is 30.3 Å². The van der Waals surface area contributed by atoms with Gasteiger partial charge in [0.25, 0.3) is 0 Å². The summed E-state index contributed by atoms with van der Waals surface area (Å²) in [6.45, 7) is 0. The molecule has 0 spiro atoms. The molecule has 5 rings (SSSR count). The van der Waals surface area contributed by atoms with Crippen molar-refractivity contribution in [1.29, 1.82) is 0 Å². The lowest BCUT2D eigenvalue weighted by Gasteiger charge is -2.05. The number of aromatic nitrogens is 2. The molecule has 5 heteroatoms. The molecule has 1 heterocycles. The highest BCUT2D eigenvalue weighted by Gasteiger charge is 2.25. The summed E-state index contributed by atoms with van der Waals surface area (Å²) < 4.78 is 13.6.